The summed E-state index contributed by atoms with van der Waals surface area (Å²) in [6, 6.07) is 22.0. The normalized spacial score (nSPS) is 16.4. The van der Waals surface area contributed by atoms with Crippen molar-refractivity contribution in [3.05, 3.63) is 77.2 Å². The van der Waals surface area contributed by atoms with E-state index >= 15 is 0 Å². The predicted octanol–water partition coefficient (Wildman–Crippen LogP) is 7.03. The summed E-state index contributed by atoms with van der Waals surface area (Å²) >= 11 is 1.44. The number of unbranched alkanes of at least 4 members (excludes halogenated alkanes) is 1. The Labute approximate surface area is 194 Å². The first-order valence-corrected chi connectivity index (χ1v) is 12.0. The summed E-state index contributed by atoms with van der Waals surface area (Å²) in [5.41, 5.74) is 1.86. The van der Waals surface area contributed by atoms with Gasteiger partial charge in [-0.05, 0) is 59.8 Å². The molecule has 0 atom stereocenters. The number of aliphatic imine (C=N–C) groups is 1. The van der Waals surface area contributed by atoms with E-state index in [0.29, 0.717) is 18.1 Å². The number of ether oxygens (including phenoxy) is 1. The van der Waals surface area contributed by atoms with Gasteiger partial charge in [-0.25, -0.2) is 4.99 Å². The van der Waals surface area contributed by atoms with Crippen LogP contribution in [0.4, 0.5) is 5.69 Å². The lowest BCUT2D eigenvalue weighted by atomic mass is 10.0. The van der Waals surface area contributed by atoms with Crippen molar-refractivity contribution in [1.29, 1.82) is 0 Å². The fourth-order valence-electron chi connectivity index (χ4n) is 3.64. The third-order valence-electron chi connectivity index (χ3n) is 5.28. The highest BCUT2D eigenvalue weighted by Gasteiger charge is 2.32. The van der Waals surface area contributed by atoms with Gasteiger partial charge in [-0.15, -0.1) is 0 Å². The van der Waals surface area contributed by atoms with Crippen LogP contribution in [-0.2, 0) is 4.79 Å². The first kappa shape index (κ1) is 22.2. The van der Waals surface area contributed by atoms with Crippen LogP contribution in [0.5, 0.6) is 5.75 Å². The van der Waals surface area contributed by atoms with Crippen molar-refractivity contribution in [2.45, 2.75) is 33.1 Å². The van der Waals surface area contributed by atoms with Gasteiger partial charge in [0.15, 0.2) is 5.17 Å². The van der Waals surface area contributed by atoms with Gasteiger partial charge in [-0.3, -0.25) is 9.69 Å². The second-order valence-electron chi connectivity index (χ2n) is 7.70. The molecule has 1 heterocycles. The van der Waals surface area contributed by atoms with Crippen molar-refractivity contribution >= 4 is 45.4 Å². The van der Waals surface area contributed by atoms with Crippen LogP contribution in [0.25, 0.3) is 16.8 Å². The second kappa shape index (κ2) is 10.5. The SMILES string of the molecule is CCCCOc1ccc(/C=C2/SC(=Nc3ccccc3)N(CCC)C2=O)c2ccccc12. The third kappa shape index (κ3) is 4.89. The van der Waals surface area contributed by atoms with E-state index in [1.165, 1.54) is 11.8 Å². The molecule has 32 heavy (non-hydrogen) atoms. The van der Waals surface area contributed by atoms with E-state index in [0.717, 1.165) is 52.2 Å². The number of hydrogen-bond acceptors (Lipinski definition) is 4. The van der Waals surface area contributed by atoms with E-state index in [1.54, 1.807) is 4.90 Å². The third-order valence-corrected chi connectivity index (χ3v) is 6.28. The summed E-state index contributed by atoms with van der Waals surface area (Å²) < 4.78 is 6.02. The zero-order valence-electron chi connectivity index (χ0n) is 18.6. The van der Waals surface area contributed by atoms with Crippen LogP contribution in [0.3, 0.4) is 0 Å². The monoisotopic (exact) mass is 444 g/mol. The van der Waals surface area contributed by atoms with Gasteiger partial charge in [0.05, 0.1) is 17.2 Å². The average molecular weight is 445 g/mol. The maximum Gasteiger partial charge on any atom is 0.266 e. The van der Waals surface area contributed by atoms with Crippen LogP contribution in [0.1, 0.15) is 38.7 Å². The Morgan fingerprint density at radius 3 is 2.44 bits per heavy atom. The molecule has 1 amide bonds. The van der Waals surface area contributed by atoms with Crippen LogP contribution >= 0.6 is 11.8 Å². The molecule has 0 N–H and O–H groups in total. The number of fused-ring (bicyclic) bond motifs is 1. The van der Waals surface area contributed by atoms with Crippen molar-refractivity contribution in [3.8, 4) is 5.75 Å². The summed E-state index contributed by atoms with van der Waals surface area (Å²) in [5, 5.41) is 2.88. The van der Waals surface area contributed by atoms with Crippen LogP contribution < -0.4 is 4.74 Å². The number of amidine groups is 1. The molecule has 0 spiro atoms. The van der Waals surface area contributed by atoms with E-state index < -0.39 is 0 Å². The lowest BCUT2D eigenvalue weighted by molar-refractivity contribution is -0.122. The zero-order chi connectivity index (χ0) is 22.3. The minimum absolute atomic E-state index is 0.0129. The molecule has 1 aliphatic heterocycles. The molecule has 4 nitrogen and oxygen atoms in total. The summed E-state index contributed by atoms with van der Waals surface area (Å²) in [6.45, 7) is 5.59. The molecule has 0 aromatic heterocycles. The molecule has 0 bridgehead atoms. The van der Waals surface area contributed by atoms with Gasteiger partial charge in [-0.1, -0.05) is 68.8 Å². The highest BCUT2D eigenvalue weighted by atomic mass is 32.2. The van der Waals surface area contributed by atoms with Gasteiger partial charge < -0.3 is 4.74 Å². The molecule has 3 aromatic rings. The summed E-state index contributed by atoms with van der Waals surface area (Å²) in [4.78, 5) is 20.4. The van der Waals surface area contributed by atoms with Crippen LogP contribution in [-0.4, -0.2) is 29.1 Å². The Morgan fingerprint density at radius 2 is 1.69 bits per heavy atom. The topological polar surface area (TPSA) is 41.9 Å². The molecule has 1 saturated heterocycles. The van der Waals surface area contributed by atoms with Crippen LogP contribution in [0.15, 0.2) is 76.6 Å². The minimum Gasteiger partial charge on any atom is -0.493 e. The van der Waals surface area contributed by atoms with Crippen molar-refractivity contribution in [2.24, 2.45) is 4.99 Å². The van der Waals surface area contributed by atoms with E-state index in [2.05, 4.69) is 26.0 Å². The maximum atomic E-state index is 13.2. The molecule has 5 heteroatoms. The van der Waals surface area contributed by atoms with E-state index in [1.807, 2.05) is 60.7 Å². The molecule has 1 aliphatic rings. The number of carbonyl (C=O) groups is 1. The smallest absolute Gasteiger partial charge is 0.266 e. The lowest BCUT2D eigenvalue weighted by Crippen LogP contribution is -2.29. The lowest BCUT2D eigenvalue weighted by Gasteiger charge is -2.14. The van der Waals surface area contributed by atoms with Crippen LogP contribution in [0, 0.1) is 0 Å². The number of carbonyl (C=O) groups excluding carboxylic acids is 1. The first-order valence-electron chi connectivity index (χ1n) is 11.2. The fourth-order valence-corrected chi connectivity index (χ4v) is 4.65. The van der Waals surface area contributed by atoms with E-state index in [-0.39, 0.29) is 5.91 Å². The van der Waals surface area contributed by atoms with Gasteiger partial charge in [0.1, 0.15) is 5.75 Å². The van der Waals surface area contributed by atoms with Crippen LogP contribution in [0.2, 0.25) is 0 Å². The quantitative estimate of drug-likeness (QED) is 0.277. The summed E-state index contributed by atoms with van der Waals surface area (Å²) in [7, 11) is 0. The van der Waals surface area contributed by atoms with Crippen molar-refractivity contribution in [3.63, 3.8) is 0 Å². The van der Waals surface area contributed by atoms with Gasteiger partial charge in [0.25, 0.3) is 5.91 Å². The largest absolute Gasteiger partial charge is 0.493 e. The Bertz CT molecular complexity index is 1150. The molecule has 4 rings (SSSR count). The first-order chi connectivity index (χ1) is 15.7. The molecular weight excluding hydrogens is 416 g/mol. The van der Waals surface area contributed by atoms with Crippen molar-refractivity contribution in [2.75, 3.05) is 13.2 Å². The number of hydrogen-bond donors (Lipinski definition) is 0. The van der Waals surface area contributed by atoms with Gasteiger partial charge in [0.2, 0.25) is 0 Å². The Kier molecular flexibility index (Phi) is 7.28. The maximum absolute atomic E-state index is 13.2. The fraction of sp³-hybridized carbons (Fsp3) is 0.259. The Morgan fingerprint density at radius 1 is 0.938 bits per heavy atom. The predicted molar refractivity (Wildman–Crippen MR) is 135 cm³/mol. The zero-order valence-corrected chi connectivity index (χ0v) is 19.4. The number of rotatable bonds is 8. The highest BCUT2D eigenvalue weighted by molar-refractivity contribution is 8.18. The molecule has 0 aliphatic carbocycles. The van der Waals surface area contributed by atoms with E-state index in [9.17, 15) is 4.79 Å². The minimum atomic E-state index is 0.0129. The molecule has 164 valence electrons. The molecule has 0 radical (unpaired) electrons. The van der Waals surface area contributed by atoms with Crippen molar-refractivity contribution < 1.29 is 9.53 Å². The number of benzene rings is 3. The molecule has 3 aromatic carbocycles. The molecule has 0 saturated carbocycles. The second-order valence-corrected chi connectivity index (χ2v) is 8.71. The number of nitrogens with zero attached hydrogens (tertiary/aromatic N) is 2. The highest BCUT2D eigenvalue weighted by Crippen LogP contribution is 2.36. The number of thioether (sulfide) groups is 1. The van der Waals surface area contributed by atoms with Gasteiger partial charge in [-0.2, -0.15) is 0 Å². The standard InChI is InChI=1S/C27H28N2O2S/c1-3-5-18-31-24-16-15-20(22-13-9-10-14-23(22)24)19-25-26(30)29(17-4-2)27(32-25)28-21-11-7-6-8-12-21/h6-16,19H,3-5,17-18H2,1-2H3/b25-19+,28-27?. The molecule has 0 unspecified atom stereocenters. The molecular formula is C27H28N2O2S. The number of para-hydroxylation sites is 1. The van der Waals surface area contributed by atoms with Crippen molar-refractivity contribution in [1.82, 2.24) is 4.90 Å². The molecule has 1 fully saturated rings. The average Bonchev–Trinajstić information content (AvgIpc) is 3.10. The Hall–Kier alpha value is -3.05. The van der Waals surface area contributed by atoms with Gasteiger partial charge in [0, 0.05) is 11.9 Å². The Balaban J connectivity index is 1.69. The summed E-state index contributed by atoms with van der Waals surface area (Å²) in [6.07, 6.45) is 4.99. The van der Waals surface area contributed by atoms with E-state index in [4.69, 9.17) is 9.73 Å². The van der Waals surface area contributed by atoms with Gasteiger partial charge >= 0.3 is 0 Å². The summed E-state index contributed by atoms with van der Waals surface area (Å²) in [5.74, 6) is 0.902. The number of amides is 1.